The average Bonchev–Trinajstić information content (AvgIpc) is 2.95. The number of carbonyl (C=O) groups excluding carboxylic acids is 1. The summed E-state index contributed by atoms with van der Waals surface area (Å²) in [6, 6.07) is 3.76. The van der Waals surface area contributed by atoms with Crippen molar-refractivity contribution in [1.29, 1.82) is 0 Å². The molecule has 2 aromatic heterocycles. The zero-order chi connectivity index (χ0) is 13.1. The van der Waals surface area contributed by atoms with Crippen molar-refractivity contribution in [1.82, 2.24) is 19.6 Å². The molecule has 0 aliphatic heterocycles. The van der Waals surface area contributed by atoms with Gasteiger partial charge in [-0.15, -0.1) is 0 Å². The van der Waals surface area contributed by atoms with Crippen LogP contribution >= 0.6 is 0 Å². The molecular weight excluding hydrogens is 228 g/mol. The molecule has 0 N–H and O–H groups in total. The van der Waals surface area contributed by atoms with Crippen LogP contribution in [0.2, 0.25) is 0 Å². The van der Waals surface area contributed by atoms with Gasteiger partial charge in [-0.25, -0.2) is 0 Å². The summed E-state index contributed by atoms with van der Waals surface area (Å²) in [5.74, 6) is 0.0762. The summed E-state index contributed by atoms with van der Waals surface area (Å²) in [4.78, 5) is 12.2. The predicted octanol–water partition coefficient (Wildman–Crippen LogP) is 1.62. The molecule has 0 atom stereocenters. The van der Waals surface area contributed by atoms with Gasteiger partial charge >= 0.3 is 0 Å². The van der Waals surface area contributed by atoms with Gasteiger partial charge in [0.15, 0.2) is 5.78 Å². The fraction of sp³-hybridized carbons (Fsp3) is 0.462. The Labute approximate surface area is 106 Å². The van der Waals surface area contributed by atoms with E-state index < -0.39 is 0 Å². The van der Waals surface area contributed by atoms with Gasteiger partial charge < -0.3 is 0 Å². The van der Waals surface area contributed by atoms with E-state index in [4.69, 9.17) is 0 Å². The lowest BCUT2D eigenvalue weighted by molar-refractivity contribution is 0.0981. The molecule has 2 aromatic rings. The molecule has 0 saturated heterocycles. The Balaban J connectivity index is 2.21. The third-order valence-corrected chi connectivity index (χ3v) is 3.02. The summed E-state index contributed by atoms with van der Waals surface area (Å²) in [5, 5.41) is 8.46. The van der Waals surface area contributed by atoms with Crippen molar-refractivity contribution < 1.29 is 4.79 Å². The highest BCUT2D eigenvalue weighted by Crippen LogP contribution is 2.10. The van der Waals surface area contributed by atoms with E-state index in [1.807, 2.05) is 17.7 Å². The maximum Gasteiger partial charge on any atom is 0.186 e. The van der Waals surface area contributed by atoms with E-state index in [-0.39, 0.29) is 5.78 Å². The van der Waals surface area contributed by atoms with E-state index in [9.17, 15) is 4.79 Å². The largest absolute Gasteiger partial charge is 0.292 e. The molecule has 0 aliphatic carbocycles. The second-order valence-electron chi connectivity index (χ2n) is 4.24. The van der Waals surface area contributed by atoms with E-state index in [1.54, 1.807) is 24.0 Å². The second-order valence-corrected chi connectivity index (χ2v) is 4.24. The summed E-state index contributed by atoms with van der Waals surface area (Å²) in [6.07, 6.45) is 2.90. The standard InChI is InChI=1S/C13H18N4O/c1-4-10-8-11(17(5-2)15-10)9-13(18)12-6-7-14-16(12)3/h6-8H,4-5,9H2,1-3H3. The summed E-state index contributed by atoms with van der Waals surface area (Å²) in [6.45, 7) is 4.88. The summed E-state index contributed by atoms with van der Waals surface area (Å²) in [5.41, 5.74) is 2.64. The van der Waals surface area contributed by atoms with Gasteiger partial charge in [-0.05, 0) is 25.5 Å². The Kier molecular flexibility index (Phi) is 3.60. The zero-order valence-electron chi connectivity index (χ0n) is 11.1. The van der Waals surface area contributed by atoms with Gasteiger partial charge in [0.1, 0.15) is 5.69 Å². The molecule has 0 radical (unpaired) electrons. The number of ketones is 1. The first-order chi connectivity index (χ1) is 8.65. The molecule has 0 unspecified atom stereocenters. The van der Waals surface area contributed by atoms with E-state index >= 15 is 0 Å². The summed E-state index contributed by atoms with van der Waals surface area (Å²) < 4.78 is 3.50. The van der Waals surface area contributed by atoms with E-state index in [0.717, 1.165) is 24.4 Å². The Morgan fingerprint density at radius 2 is 2.17 bits per heavy atom. The zero-order valence-corrected chi connectivity index (χ0v) is 11.1. The van der Waals surface area contributed by atoms with Crippen LogP contribution in [0.4, 0.5) is 0 Å². The van der Waals surface area contributed by atoms with E-state index in [0.29, 0.717) is 12.1 Å². The second kappa shape index (κ2) is 5.16. The van der Waals surface area contributed by atoms with Crippen molar-refractivity contribution in [2.45, 2.75) is 33.2 Å². The monoisotopic (exact) mass is 246 g/mol. The third kappa shape index (κ3) is 2.34. The molecule has 2 rings (SSSR count). The molecule has 5 heteroatoms. The minimum Gasteiger partial charge on any atom is -0.292 e. The first-order valence-electron chi connectivity index (χ1n) is 6.22. The third-order valence-electron chi connectivity index (χ3n) is 3.02. The molecule has 5 nitrogen and oxygen atoms in total. The molecule has 0 saturated carbocycles. The maximum absolute atomic E-state index is 12.2. The van der Waals surface area contributed by atoms with Crippen LogP contribution in [-0.4, -0.2) is 25.3 Å². The predicted molar refractivity (Wildman–Crippen MR) is 68.5 cm³/mol. The minimum atomic E-state index is 0.0762. The van der Waals surface area contributed by atoms with Gasteiger partial charge in [0.25, 0.3) is 0 Å². The first-order valence-corrected chi connectivity index (χ1v) is 6.22. The van der Waals surface area contributed by atoms with Gasteiger partial charge in [0.05, 0.1) is 12.1 Å². The summed E-state index contributed by atoms with van der Waals surface area (Å²) >= 11 is 0. The highest BCUT2D eigenvalue weighted by atomic mass is 16.1. The van der Waals surface area contributed by atoms with Crippen LogP contribution < -0.4 is 0 Å². The van der Waals surface area contributed by atoms with Gasteiger partial charge in [-0.2, -0.15) is 10.2 Å². The van der Waals surface area contributed by atoms with Crippen molar-refractivity contribution >= 4 is 5.78 Å². The number of hydrogen-bond acceptors (Lipinski definition) is 3. The molecule has 0 fully saturated rings. The number of carbonyl (C=O) groups is 1. The van der Waals surface area contributed by atoms with Crippen LogP contribution in [0.25, 0.3) is 0 Å². The number of Topliss-reactive ketones (excluding diaryl/α,β-unsaturated/α-hetero) is 1. The summed E-state index contributed by atoms with van der Waals surface area (Å²) in [7, 11) is 1.78. The molecule has 96 valence electrons. The van der Waals surface area contributed by atoms with Gasteiger partial charge in [0, 0.05) is 25.5 Å². The number of nitrogens with zero attached hydrogens (tertiary/aromatic N) is 4. The Morgan fingerprint density at radius 3 is 2.72 bits per heavy atom. The molecule has 0 amide bonds. The maximum atomic E-state index is 12.2. The minimum absolute atomic E-state index is 0.0762. The van der Waals surface area contributed by atoms with Gasteiger partial charge in [0.2, 0.25) is 0 Å². The van der Waals surface area contributed by atoms with Crippen molar-refractivity contribution in [2.75, 3.05) is 0 Å². The Morgan fingerprint density at radius 1 is 1.39 bits per heavy atom. The van der Waals surface area contributed by atoms with E-state index in [1.165, 1.54) is 0 Å². The van der Waals surface area contributed by atoms with Crippen LogP contribution in [0.15, 0.2) is 18.3 Å². The molecule has 0 aliphatic rings. The van der Waals surface area contributed by atoms with Crippen LogP contribution in [-0.2, 0) is 26.4 Å². The van der Waals surface area contributed by atoms with Crippen LogP contribution in [0.1, 0.15) is 35.7 Å². The molecule has 18 heavy (non-hydrogen) atoms. The first kappa shape index (κ1) is 12.5. The highest BCUT2D eigenvalue weighted by Gasteiger charge is 2.14. The normalized spacial score (nSPS) is 10.8. The van der Waals surface area contributed by atoms with Gasteiger partial charge in [-0.1, -0.05) is 6.92 Å². The molecule has 0 spiro atoms. The molecule has 2 heterocycles. The van der Waals surface area contributed by atoms with Crippen molar-refractivity contribution in [3.05, 3.63) is 35.4 Å². The Bertz CT molecular complexity index is 553. The quantitative estimate of drug-likeness (QED) is 0.753. The number of aryl methyl sites for hydroxylation is 3. The lowest BCUT2D eigenvalue weighted by Gasteiger charge is -2.04. The van der Waals surface area contributed by atoms with Crippen LogP contribution in [0.3, 0.4) is 0 Å². The van der Waals surface area contributed by atoms with Crippen molar-refractivity contribution in [2.24, 2.45) is 7.05 Å². The van der Waals surface area contributed by atoms with Gasteiger partial charge in [-0.3, -0.25) is 14.2 Å². The smallest absolute Gasteiger partial charge is 0.186 e. The fourth-order valence-electron chi connectivity index (χ4n) is 2.01. The molecule has 0 aromatic carbocycles. The van der Waals surface area contributed by atoms with Crippen molar-refractivity contribution in [3.8, 4) is 0 Å². The number of hydrogen-bond donors (Lipinski definition) is 0. The fourth-order valence-corrected chi connectivity index (χ4v) is 2.01. The lowest BCUT2D eigenvalue weighted by Crippen LogP contribution is -2.13. The number of rotatable bonds is 5. The highest BCUT2D eigenvalue weighted by molar-refractivity contribution is 5.95. The molecule has 0 bridgehead atoms. The van der Waals surface area contributed by atoms with Crippen LogP contribution in [0, 0.1) is 0 Å². The lowest BCUT2D eigenvalue weighted by atomic mass is 10.1. The topological polar surface area (TPSA) is 52.7 Å². The SMILES string of the molecule is CCc1cc(CC(=O)c2ccnn2C)n(CC)n1. The van der Waals surface area contributed by atoms with Crippen molar-refractivity contribution in [3.63, 3.8) is 0 Å². The van der Waals surface area contributed by atoms with E-state index in [2.05, 4.69) is 17.1 Å². The molecular formula is C13H18N4O. The van der Waals surface area contributed by atoms with Crippen LogP contribution in [0.5, 0.6) is 0 Å². The number of aromatic nitrogens is 4. The average molecular weight is 246 g/mol. The Hall–Kier alpha value is -1.91.